The molecule has 3 nitrogen and oxygen atoms in total. The molecule has 4 rings (SSSR count). The van der Waals surface area contributed by atoms with Gasteiger partial charge in [0.25, 0.3) is 0 Å². The standard InChI is InChI=1S/C25H30N2O/c1-17-23(24-21(25(24,3)4)14-15-26-18(2)28)20-12-8-9-13-22(20)27(17)16-19-10-6-5-7-11-19/h5-13,21,24H,14-16H2,1-4H3,(H,26,28)/t21-,24-/m0/s1. The van der Waals surface area contributed by atoms with Gasteiger partial charge >= 0.3 is 0 Å². The minimum Gasteiger partial charge on any atom is -0.356 e. The Hall–Kier alpha value is -2.55. The maximum atomic E-state index is 11.2. The summed E-state index contributed by atoms with van der Waals surface area (Å²) in [4.78, 5) is 11.2. The highest BCUT2D eigenvalue weighted by Crippen LogP contribution is 2.67. The number of amides is 1. The molecule has 28 heavy (non-hydrogen) atoms. The van der Waals surface area contributed by atoms with E-state index in [0.29, 0.717) is 11.8 Å². The molecule has 1 fully saturated rings. The van der Waals surface area contributed by atoms with Gasteiger partial charge in [-0.2, -0.15) is 0 Å². The van der Waals surface area contributed by atoms with Crippen molar-refractivity contribution < 1.29 is 4.79 Å². The fourth-order valence-electron chi connectivity index (χ4n) is 5.08. The number of benzene rings is 2. The SMILES string of the molecule is CC(=O)NCC[C@H]1[C@@H](c2c(C)n(Cc3ccccc3)c3ccccc23)C1(C)C. The van der Waals surface area contributed by atoms with E-state index in [0.717, 1.165) is 19.5 Å². The van der Waals surface area contributed by atoms with Gasteiger partial charge in [-0.05, 0) is 47.8 Å². The van der Waals surface area contributed by atoms with Crippen LogP contribution in [0.1, 0.15) is 49.9 Å². The number of fused-ring (bicyclic) bond motifs is 1. The lowest BCUT2D eigenvalue weighted by Crippen LogP contribution is -2.21. The van der Waals surface area contributed by atoms with Crippen LogP contribution >= 0.6 is 0 Å². The molecule has 1 aliphatic rings. The average molecular weight is 375 g/mol. The van der Waals surface area contributed by atoms with Crippen molar-refractivity contribution >= 4 is 16.8 Å². The van der Waals surface area contributed by atoms with Crippen LogP contribution in [0.25, 0.3) is 10.9 Å². The molecule has 2 atom stereocenters. The van der Waals surface area contributed by atoms with Gasteiger partial charge in [0, 0.05) is 36.6 Å². The average Bonchev–Trinajstić information content (AvgIpc) is 3.08. The molecule has 1 aliphatic carbocycles. The lowest BCUT2D eigenvalue weighted by molar-refractivity contribution is -0.118. The van der Waals surface area contributed by atoms with Crippen molar-refractivity contribution in [3.8, 4) is 0 Å². The summed E-state index contributed by atoms with van der Waals surface area (Å²) in [7, 11) is 0. The number of carbonyl (C=O) groups excluding carboxylic acids is 1. The fourth-order valence-corrected chi connectivity index (χ4v) is 5.08. The highest BCUT2D eigenvalue weighted by Gasteiger charge is 2.58. The number of para-hydroxylation sites is 1. The van der Waals surface area contributed by atoms with Gasteiger partial charge in [-0.3, -0.25) is 4.79 Å². The van der Waals surface area contributed by atoms with Crippen molar-refractivity contribution in [1.82, 2.24) is 9.88 Å². The largest absolute Gasteiger partial charge is 0.356 e. The number of nitrogens with one attached hydrogen (secondary N) is 1. The molecule has 1 amide bonds. The summed E-state index contributed by atoms with van der Waals surface area (Å²) in [6.45, 7) is 10.3. The zero-order valence-corrected chi connectivity index (χ0v) is 17.3. The van der Waals surface area contributed by atoms with Crippen LogP contribution in [0.15, 0.2) is 54.6 Å². The van der Waals surface area contributed by atoms with Crippen LogP contribution in [0, 0.1) is 18.3 Å². The Morgan fingerprint density at radius 3 is 2.46 bits per heavy atom. The van der Waals surface area contributed by atoms with Gasteiger partial charge in [0.15, 0.2) is 0 Å². The molecular formula is C25H30N2O. The molecule has 1 heterocycles. The first kappa shape index (κ1) is 18.8. The summed E-state index contributed by atoms with van der Waals surface area (Å²) in [5, 5.41) is 4.36. The van der Waals surface area contributed by atoms with E-state index in [1.54, 1.807) is 6.92 Å². The van der Waals surface area contributed by atoms with Gasteiger partial charge in [-0.25, -0.2) is 0 Å². The quantitative estimate of drug-likeness (QED) is 0.627. The minimum absolute atomic E-state index is 0.0608. The van der Waals surface area contributed by atoms with E-state index < -0.39 is 0 Å². The summed E-state index contributed by atoms with van der Waals surface area (Å²) in [5.74, 6) is 1.21. The monoisotopic (exact) mass is 374 g/mol. The van der Waals surface area contributed by atoms with E-state index in [1.165, 1.54) is 27.7 Å². The van der Waals surface area contributed by atoms with Crippen LogP contribution < -0.4 is 5.32 Å². The second-order valence-electron chi connectivity index (χ2n) is 8.77. The third-order valence-corrected chi connectivity index (χ3v) is 6.65. The number of carbonyl (C=O) groups is 1. The topological polar surface area (TPSA) is 34.0 Å². The molecular weight excluding hydrogens is 344 g/mol. The first-order valence-electron chi connectivity index (χ1n) is 10.3. The second kappa shape index (κ2) is 7.12. The van der Waals surface area contributed by atoms with Gasteiger partial charge in [-0.1, -0.05) is 62.4 Å². The van der Waals surface area contributed by atoms with Crippen LogP contribution in [0.5, 0.6) is 0 Å². The maximum Gasteiger partial charge on any atom is 0.216 e. The van der Waals surface area contributed by atoms with E-state index >= 15 is 0 Å². The number of aromatic nitrogens is 1. The van der Waals surface area contributed by atoms with E-state index in [1.807, 2.05) is 0 Å². The smallest absolute Gasteiger partial charge is 0.216 e. The molecule has 3 heteroatoms. The predicted octanol–water partition coefficient (Wildman–Crippen LogP) is 5.26. The van der Waals surface area contributed by atoms with E-state index in [9.17, 15) is 4.79 Å². The van der Waals surface area contributed by atoms with Crippen LogP contribution in [0.2, 0.25) is 0 Å². The maximum absolute atomic E-state index is 11.2. The van der Waals surface area contributed by atoms with Gasteiger partial charge in [-0.15, -0.1) is 0 Å². The van der Waals surface area contributed by atoms with Crippen molar-refractivity contribution in [2.75, 3.05) is 6.54 Å². The highest BCUT2D eigenvalue weighted by molar-refractivity contribution is 5.87. The van der Waals surface area contributed by atoms with Crippen molar-refractivity contribution in [2.24, 2.45) is 11.3 Å². The highest BCUT2D eigenvalue weighted by atomic mass is 16.1. The third-order valence-electron chi connectivity index (χ3n) is 6.65. The minimum atomic E-state index is 0.0608. The number of hydrogen-bond donors (Lipinski definition) is 1. The normalized spacial score (nSPS) is 20.3. The van der Waals surface area contributed by atoms with E-state index in [4.69, 9.17) is 0 Å². The molecule has 1 aromatic heterocycles. The van der Waals surface area contributed by atoms with Gasteiger partial charge in [0.1, 0.15) is 0 Å². The van der Waals surface area contributed by atoms with Crippen molar-refractivity contribution in [3.05, 3.63) is 71.4 Å². The van der Waals surface area contributed by atoms with E-state index in [-0.39, 0.29) is 11.3 Å². The lowest BCUT2D eigenvalue weighted by atomic mass is 10.0. The van der Waals surface area contributed by atoms with Crippen LogP contribution in [-0.2, 0) is 11.3 Å². The van der Waals surface area contributed by atoms with Crippen molar-refractivity contribution in [3.63, 3.8) is 0 Å². The van der Waals surface area contributed by atoms with Crippen molar-refractivity contribution in [2.45, 2.75) is 46.6 Å². The van der Waals surface area contributed by atoms with Crippen LogP contribution in [0.4, 0.5) is 0 Å². The van der Waals surface area contributed by atoms with E-state index in [2.05, 4.69) is 85.3 Å². The zero-order valence-electron chi connectivity index (χ0n) is 17.3. The Balaban J connectivity index is 1.70. The number of rotatable bonds is 6. The summed E-state index contributed by atoms with van der Waals surface area (Å²) in [6, 6.07) is 19.5. The Bertz CT molecular complexity index is 1000. The number of hydrogen-bond acceptors (Lipinski definition) is 1. The molecule has 0 spiro atoms. The summed E-state index contributed by atoms with van der Waals surface area (Å²) >= 11 is 0. The Kier molecular flexibility index (Phi) is 4.78. The molecule has 0 aliphatic heterocycles. The summed E-state index contributed by atoms with van der Waals surface area (Å²) in [5.41, 5.74) is 5.80. The first-order chi connectivity index (χ1) is 13.4. The summed E-state index contributed by atoms with van der Waals surface area (Å²) < 4.78 is 2.47. The number of nitrogens with zero attached hydrogens (tertiary/aromatic N) is 1. The predicted molar refractivity (Wildman–Crippen MR) is 116 cm³/mol. The Morgan fingerprint density at radius 1 is 1.07 bits per heavy atom. The van der Waals surface area contributed by atoms with Crippen LogP contribution in [0.3, 0.4) is 0 Å². The van der Waals surface area contributed by atoms with Gasteiger partial charge in [0.05, 0.1) is 0 Å². The molecule has 1 saturated carbocycles. The molecule has 1 N–H and O–H groups in total. The molecule has 0 unspecified atom stereocenters. The second-order valence-corrected chi connectivity index (χ2v) is 8.77. The molecule has 0 saturated heterocycles. The Morgan fingerprint density at radius 2 is 1.75 bits per heavy atom. The lowest BCUT2D eigenvalue weighted by Gasteiger charge is -2.10. The first-order valence-corrected chi connectivity index (χ1v) is 10.3. The van der Waals surface area contributed by atoms with Crippen molar-refractivity contribution in [1.29, 1.82) is 0 Å². The molecule has 0 bridgehead atoms. The van der Waals surface area contributed by atoms with Gasteiger partial charge < -0.3 is 9.88 Å². The van der Waals surface area contributed by atoms with Crippen LogP contribution in [-0.4, -0.2) is 17.0 Å². The Labute approximate surface area is 167 Å². The molecule has 146 valence electrons. The third kappa shape index (κ3) is 3.23. The zero-order chi connectivity index (χ0) is 19.9. The summed E-state index contributed by atoms with van der Waals surface area (Å²) in [6.07, 6.45) is 1.04. The fraction of sp³-hybridized carbons (Fsp3) is 0.400. The molecule has 0 radical (unpaired) electrons. The molecule has 3 aromatic rings. The van der Waals surface area contributed by atoms with Gasteiger partial charge in [0.2, 0.25) is 5.91 Å². The molecule has 2 aromatic carbocycles.